The molecule has 2 saturated heterocycles. The Bertz CT molecular complexity index is 2580. The summed E-state index contributed by atoms with van der Waals surface area (Å²) in [6, 6.07) is 14.5. The molecule has 1 spiro atoms. The van der Waals surface area contributed by atoms with E-state index in [-0.39, 0.29) is 41.7 Å². The third-order valence-electron chi connectivity index (χ3n) is 14.5. The molecule has 68 heavy (non-hydrogen) atoms. The first kappa shape index (κ1) is 46.4. The van der Waals surface area contributed by atoms with Crippen molar-refractivity contribution in [2.75, 3.05) is 19.7 Å². The highest BCUT2D eigenvalue weighted by Gasteiger charge is 2.67. The van der Waals surface area contributed by atoms with E-state index < -0.39 is 37.3 Å². The number of benzene rings is 2. The van der Waals surface area contributed by atoms with Gasteiger partial charge >= 0.3 is 12.2 Å². The smallest absolute Gasteiger partial charge is 0.408 e. The van der Waals surface area contributed by atoms with Crippen LogP contribution in [0.25, 0.3) is 33.6 Å². The molecule has 2 bridgehead atoms. The highest BCUT2D eigenvalue weighted by Crippen LogP contribution is 2.70. The number of rotatable bonds is 12. The van der Waals surface area contributed by atoms with Crippen LogP contribution in [0.5, 0.6) is 5.75 Å². The fourth-order valence-electron chi connectivity index (χ4n) is 10.3. The van der Waals surface area contributed by atoms with Crippen molar-refractivity contribution < 1.29 is 38.1 Å². The number of carbonyl (C=O) groups is 4. The zero-order valence-corrected chi connectivity index (χ0v) is 42.1. The number of nitrogens with zero attached hydrogens (tertiary/aromatic N) is 4. The number of aromatic nitrogens is 4. The molecule has 0 radical (unpaired) electrons. The average Bonchev–Trinajstić information content (AvgIpc) is 4.29. The average molecular weight is 965 g/mol. The minimum absolute atomic E-state index is 0.00857. The van der Waals surface area contributed by atoms with Gasteiger partial charge in [0.15, 0.2) is 0 Å². The molecule has 10 rings (SSSR count). The van der Waals surface area contributed by atoms with Crippen molar-refractivity contribution in [1.82, 2.24) is 40.4 Å². The van der Waals surface area contributed by atoms with E-state index in [2.05, 4.69) is 69.6 Å². The number of H-pyrrole nitrogens is 2. The number of amides is 4. The Morgan fingerprint density at radius 3 is 2.37 bits per heavy atom. The van der Waals surface area contributed by atoms with Crippen LogP contribution in [-0.2, 0) is 43.6 Å². The predicted molar refractivity (Wildman–Crippen MR) is 260 cm³/mol. The van der Waals surface area contributed by atoms with E-state index >= 15 is 0 Å². The van der Waals surface area contributed by atoms with E-state index in [1.54, 1.807) is 23.6 Å². The van der Waals surface area contributed by atoms with E-state index in [0.29, 0.717) is 51.6 Å². The Hall–Kier alpha value is -5.33. The summed E-state index contributed by atoms with van der Waals surface area (Å²) in [7, 11) is -1.04. The van der Waals surface area contributed by atoms with E-state index in [1.165, 1.54) is 0 Å². The molecule has 2 aliphatic carbocycles. The first-order valence-corrected chi connectivity index (χ1v) is 27.7. The maximum atomic E-state index is 14.6. The fourth-order valence-corrected chi connectivity index (χ4v) is 13.4. The Balaban J connectivity index is 0.843. The second kappa shape index (κ2) is 18.5. The van der Waals surface area contributed by atoms with Crippen LogP contribution in [0, 0.1) is 5.92 Å². The molecule has 2 saturated carbocycles. The third-order valence-corrected chi connectivity index (χ3v) is 18.6. The normalized spacial score (nSPS) is 24.6. The predicted octanol–water partition coefficient (Wildman–Crippen LogP) is 7.68. The number of imidazole rings is 2. The number of fused-ring (bicyclic) bond motifs is 5. The van der Waals surface area contributed by atoms with Crippen LogP contribution in [0.15, 0.2) is 42.5 Å². The van der Waals surface area contributed by atoms with Crippen molar-refractivity contribution >= 4 is 45.3 Å². The lowest BCUT2D eigenvalue weighted by molar-refractivity contribution is -0.139. The topological polar surface area (TPSA) is 193 Å². The first-order valence-electron chi connectivity index (χ1n) is 24.7. The van der Waals surface area contributed by atoms with Crippen LogP contribution < -0.4 is 15.4 Å². The lowest BCUT2D eigenvalue weighted by Gasteiger charge is -2.40. The van der Waals surface area contributed by atoms with Gasteiger partial charge in [-0.15, -0.1) is 11.8 Å². The number of carbonyl (C=O) groups excluding carboxylic acids is 4. The molecular formula is C50H64N8O8SSi. The van der Waals surface area contributed by atoms with Gasteiger partial charge in [0.25, 0.3) is 0 Å². The molecule has 4 fully saturated rings. The molecule has 4 unspecified atom stereocenters. The molecule has 4 N–H and O–H groups in total. The third kappa shape index (κ3) is 9.03. The van der Waals surface area contributed by atoms with E-state index in [9.17, 15) is 19.2 Å². The molecular weight excluding hydrogens is 901 g/mol. The summed E-state index contributed by atoms with van der Waals surface area (Å²) in [5.41, 5.74) is 6.13. The van der Waals surface area contributed by atoms with Crippen LogP contribution in [0.3, 0.4) is 0 Å². The van der Waals surface area contributed by atoms with Crippen molar-refractivity contribution in [1.29, 1.82) is 0 Å². The number of nitrogens with one attached hydrogen (secondary N) is 4. The lowest BCUT2D eigenvalue weighted by Crippen LogP contribution is -2.66. The molecule has 2 aromatic heterocycles. The van der Waals surface area contributed by atoms with Crippen molar-refractivity contribution in [3.05, 3.63) is 65.5 Å². The molecule has 4 aromatic rings. The molecule has 6 heterocycles. The maximum Gasteiger partial charge on any atom is 0.408 e. The summed E-state index contributed by atoms with van der Waals surface area (Å²) in [6.07, 6.45) is 6.78. The van der Waals surface area contributed by atoms with Gasteiger partial charge in [-0.05, 0) is 100 Å². The second-order valence-electron chi connectivity index (χ2n) is 19.9. The van der Waals surface area contributed by atoms with Crippen molar-refractivity contribution in [3.63, 3.8) is 0 Å². The SMILES string of the molecule is CCCN1Cc2nc(-c3ccc(-c4ccc5c(c4)OCc4[nH]c(C6SC67CCCN7C(=O)C(NC(=O)OC6CC6)([SiH2]C)C(C)C)nc4-5)cc3)c([nH]2)COCCCCC(C)(NC(=O)OC2CC2)C1=O. The number of hydrogen-bond donors (Lipinski definition) is 4. The van der Waals surface area contributed by atoms with Crippen LogP contribution in [-0.4, -0.2) is 111 Å². The summed E-state index contributed by atoms with van der Waals surface area (Å²) in [5, 5.41) is 5.09. The number of ether oxygens (including phenoxy) is 4. The largest absolute Gasteiger partial charge is 0.487 e. The standard InChI is InChI=1S/C50H64N8O8SSi/c1-6-22-57-26-39-51-36(27-63-24-8-7-20-48(4,44(57)59)55-46(61)65-33-15-16-33)40(53-39)31-12-10-30(11-13-31)32-14-19-35-38(25-32)64-28-37-41(35)54-43(52-37)42-49(67-42)21-9-23-58(49)45(60)50(68-5,29(2)3)56-47(62)66-34-17-18-34/h10-14,19,25,29,33-34,42H,6-9,15-18,20-24,26-28,68H2,1-5H3,(H,51,53)(H,52,54)(H,55,61)(H,56,62). The Kier molecular flexibility index (Phi) is 12.6. The Morgan fingerprint density at radius 1 is 0.926 bits per heavy atom. The number of aromatic amines is 2. The van der Waals surface area contributed by atoms with Gasteiger partial charge in [0.1, 0.15) is 51.8 Å². The number of alkyl carbamates (subject to hydrolysis) is 2. The van der Waals surface area contributed by atoms with Gasteiger partial charge in [-0.2, -0.15) is 0 Å². The molecule has 18 heteroatoms. The molecule has 362 valence electrons. The van der Waals surface area contributed by atoms with Crippen LogP contribution >= 0.6 is 11.8 Å². The van der Waals surface area contributed by atoms with Gasteiger partial charge in [-0.3, -0.25) is 9.59 Å². The van der Waals surface area contributed by atoms with Crippen molar-refractivity contribution in [2.45, 2.75) is 151 Å². The van der Waals surface area contributed by atoms with Crippen LogP contribution in [0.1, 0.15) is 120 Å². The van der Waals surface area contributed by atoms with Gasteiger partial charge in [0.05, 0.1) is 50.7 Å². The van der Waals surface area contributed by atoms with Gasteiger partial charge in [-0.1, -0.05) is 57.7 Å². The second-order valence-corrected chi connectivity index (χ2v) is 23.2. The summed E-state index contributed by atoms with van der Waals surface area (Å²) in [6.45, 7) is 12.6. The summed E-state index contributed by atoms with van der Waals surface area (Å²) < 4.78 is 23.6. The maximum absolute atomic E-state index is 14.6. The molecule has 4 aliphatic heterocycles. The van der Waals surface area contributed by atoms with E-state index in [4.69, 9.17) is 28.9 Å². The zero-order chi connectivity index (χ0) is 47.4. The van der Waals surface area contributed by atoms with Crippen molar-refractivity contribution in [3.8, 4) is 39.4 Å². The summed E-state index contributed by atoms with van der Waals surface area (Å²) in [4.78, 5) is 75.4. The molecule has 2 aromatic carbocycles. The van der Waals surface area contributed by atoms with Crippen molar-refractivity contribution in [2.24, 2.45) is 5.92 Å². The Morgan fingerprint density at radius 2 is 1.65 bits per heavy atom. The zero-order valence-electron chi connectivity index (χ0n) is 39.8. The molecule has 4 atom stereocenters. The Labute approximate surface area is 404 Å². The number of thioether (sulfide) groups is 1. The molecule has 16 nitrogen and oxygen atoms in total. The minimum atomic E-state index is -1.13. The van der Waals surface area contributed by atoms with E-state index in [0.717, 1.165) is 108 Å². The lowest BCUT2D eigenvalue weighted by atomic mass is 9.92. The van der Waals surface area contributed by atoms with Gasteiger partial charge in [-0.25, -0.2) is 19.6 Å². The van der Waals surface area contributed by atoms with Crippen LogP contribution in [0.4, 0.5) is 9.59 Å². The fraction of sp³-hybridized carbons (Fsp3) is 0.560. The van der Waals surface area contributed by atoms with E-state index in [1.807, 2.05) is 25.7 Å². The highest BCUT2D eigenvalue weighted by atomic mass is 32.2. The van der Waals surface area contributed by atoms with Gasteiger partial charge in [0.2, 0.25) is 11.8 Å². The summed E-state index contributed by atoms with van der Waals surface area (Å²) >= 11 is 1.77. The minimum Gasteiger partial charge on any atom is -0.487 e. The summed E-state index contributed by atoms with van der Waals surface area (Å²) in [5.74, 6) is 2.04. The van der Waals surface area contributed by atoms with Gasteiger partial charge < -0.3 is 49.3 Å². The number of likely N-dealkylation sites (tertiary alicyclic amines) is 1. The van der Waals surface area contributed by atoms with Crippen LogP contribution in [0.2, 0.25) is 6.55 Å². The first-order chi connectivity index (χ1) is 32.8. The monoisotopic (exact) mass is 964 g/mol. The van der Waals surface area contributed by atoms with Gasteiger partial charge in [0, 0.05) is 30.8 Å². The molecule has 6 aliphatic rings. The molecule has 4 amide bonds. The highest BCUT2D eigenvalue weighted by molar-refractivity contribution is 8.08. The quantitative estimate of drug-likeness (QED) is 0.0804. The number of hydrogen-bond acceptors (Lipinski definition) is 11.